The van der Waals surface area contributed by atoms with E-state index in [0.717, 1.165) is 0 Å². The number of rotatable bonds is 2. The lowest BCUT2D eigenvalue weighted by Gasteiger charge is -1.85. The van der Waals surface area contributed by atoms with Gasteiger partial charge in [-0.25, -0.2) is 0 Å². The van der Waals surface area contributed by atoms with Crippen LogP contribution in [0.1, 0.15) is 0 Å². The Morgan fingerprint density at radius 2 is 3.00 bits per heavy atom. The van der Waals surface area contributed by atoms with E-state index in [-0.39, 0.29) is 0 Å². The smallest absolute Gasteiger partial charge is 0.187 e. The van der Waals surface area contributed by atoms with E-state index in [2.05, 4.69) is 24.1 Å². The van der Waals surface area contributed by atoms with E-state index in [1.165, 1.54) is 5.96 Å². The van der Waals surface area contributed by atoms with Gasteiger partial charge < -0.3 is 5.40 Å². The number of hydrogen-bond donors (Lipinski definition) is 1. The van der Waals surface area contributed by atoms with Crippen molar-refractivity contribution in [2.24, 2.45) is 4.88 Å². The topological polar surface area (TPSA) is 72.6 Å². The molecule has 38 valence electrons. The molecule has 1 N–H and O–H groups in total. The van der Waals surface area contributed by atoms with Crippen LogP contribution >= 0.6 is 16.7 Å². The third kappa shape index (κ3) is 3.68. The summed E-state index contributed by atoms with van der Waals surface area (Å²) in [6.45, 7) is 0. The highest BCUT2D eigenvalue weighted by atomic mass is 32.0. The first kappa shape index (κ1) is 4.99. The Kier molecular flexibility index (Phi) is 2.86. The third-order valence-corrected chi connectivity index (χ3v) is 1.49. The Bertz CT molecular complexity index is 128. The van der Waals surface area contributed by atoms with Crippen LogP contribution in [-0.2, 0) is 0 Å². The van der Waals surface area contributed by atoms with E-state index in [1.54, 1.807) is 0 Å². The molecule has 0 aromatic heterocycles. The molecule has 0 aliphatic rings. The van der Waals surface area contributed by atoms with Gasteiger partial charge in [0.15, 0.2) is 1.41 Å². The highest BCUT2D eigenvalue weighted by Gasteiger charge is 1.84. The molecule has 0 bridgehead atoms. The summed E-state index contributed by atoms with van der Waals surface area (Å²) in [4.78, 5) is 5.77. The molecular weight excluding hydrogens is 130 g/mol. The lowest BCUT2D eigenvalue weighted by Crippen LogP contribution is -1.47. The second kappa shape index (κ2) is 4.01. The molecule has 4 nitrogen and oxygen atoms in total. The Morgan fingerprint density at radius 1 is 2.29 bits per heavy atom. The molecule has 0 aliphatic carbocycles. The molecular formula is CH4N4P2. The maximum Gasteiger partial charge on any atom is 0.187 e. The van der Waals surface area contributed by atoms with Crippen molar-refractivity contribution in [3.05, 3.63) is 10.4 Å². The molecule has 6 heteroatoms. The fourth-order valence-corrected chi connectivity index (χ4v) is 0.346. The van der Waals surface area contributed by atoms with Gasteiger partial charge in [-0.15, -0.1) is 0 Å². The third-order valence-electron chi connectivity index (χ3n) is 0.262. The van der Waals surface area contributed by atoms with Crippen LogP contribution < -0.4 is 0 Å². The number of hydrogen-bond acceptors (Lipinski definition) is 2. The molecule has 0 spiro atoms. The Hall–Kier alpha value is -0.160. The van der Waals surface area contributed by atoms with Gasteiger partial charge >= 0.3 is 0 Å². The molecule has 0 saturated carbocycles. The Morgan fingerprint density at radius 3 is 3.43 bits per heavy atom. The van der Waals surface area contributed by atoms with E-state index in [4.69, 9.17) is 6.94 Å². The zero-order valence-electron chi connectivity index (χ0n) is 4.39. The minimum absolute atomic E-state index is 0.935. The van der Waals surface area contributed by atoms with Crippen molar-refractivity contribution < 1.29 is 1.41 Å². The van der Waals surface area contributed by atoms with Gasteiger partial charge in [0.1, 0.15) is 0 Å². The molecule has 0 aliphatic heterocycles. The monoisotopic (exact) mass is 136 g/mol. The highest BCUT2D eigenvalue weighted by Crippen LogP contribution is 2.42. The van der Waals surface area contributed by atoms with Crippen LogP contribution in [0.15, 0.2) is 4.88 Å². The van der Waals surface area contributed by atoms with Gasteiger partial charge in [-0.1, -0.05) is 13.8 Å². The quantitative estimate of drug-likeness (QED) is 0.198. The molecule has 0 fully saturated rings. The summed E-state index contributed by atoms with van der Waals surface area (Å²) >= 11 is 0. The SMILES string of the molecule is [3H]N=CP(P)N=[N+]=[N-]. The minimum atomic E-state index is -0.935. The molecule has 0 aromatic rings. The second-order valence-electron chi connectivity index (χ2n) is 0.674. The maximum atomic E-state index is 7.80. The van der Waals surface area contributed by atoms with Crippen LogP contribution in [0.2, 0.25) is 1.41 Å². The molecule has 0 aromatic carbocycles. The van der Waals surface area contributed by atoms with Gasteiger partial charge in [-0.05, 0) is 5.53 Å². The van der Waals surface area contributed by atoms with Gasteiger partial charge in [-0.3, -0.25) is 0 Å². The van der Waals surface area contributed by atoms with Crippen LogP contribution in [0.3, 0.4) is 0 Å². The lowest BCUT2D eigenvalue weighted by atomic mass is 11.7. The molecule has 0 rings (SSSR count). The largest absolute Gasteiger partial charge is 0.308 e. The van der Waals surface area contributed by atoms with Crippen molar-refractivity contribution in [3.8, 4) is 0 Å². The Balaban J connectivity index is 3.64. The van der Waals surface area contributed by atoms with E-state index < -0.39 is 7.76 Å². The zero-order valence-corrected chi connectivity index (χ0v) is 5.44. The molecule has 2 unspecified atom stereocenters. The Labute approximate surface area is 45.8 Å². The van der Waals surface area contributed by atoms with Crippen molar-refractivity contribution in [2.45, 2.75) is 0 Å². The average Bonchev–Trinajstić information content (AvgIpc) is 1.68. The normalized spacial score (nSPS) is 15.3. The van der Waals surface area contributed by atoms with Crippen molar-refractivity contribution in [3.63, 3.8) is 0 Å². The zero-order chi connectivity index (χ0) is 6.41. The summed E-state index contributed by atoms with van der Waals surface area (Å²) in [7, 11) is 1.34. The van der Waals surface area contributed by atoms with Crippen molar-refractivity contribution in [1.82, 2.24) is 0 Å². The summed E-state index contributed by atoms with van der Waals surface area (Å²) in [5.74, 6) is 1.28. The van der Waals surface area contributed by atoms with Gasteiger partial charge in [-0.2, -0.15) is 0 Å². The minimum Gasteiger partial charge on any atom is -0.308 e. The summed E-state index contributed by atoms with van der Waals surface area (Å²) in [6.07, 6.45) is 0. The van der Waals surface area contributed by atoms with Crippen LogP contribution in [0.5, 0.6) is 0 Å². The van der Waals surface area contributed by atoms with Gasteiger partial charge in [0.2, 0.25) is 0 Å². The molecule has 7 heavy (non-hydrogen) atoms. The summed E-state index contributed by atoms with van der Waals surface area (Å²) in [5.41, 5.74) is 7.80. The first-order valence-corrected chi connectivity index (χ1v) is 4.36. The van der Waals surface area contributed by atoms with E-state index in [9.17, 15) is 0 Å². The summed E-state index contributed by atoms with van der Waals surface area (Å²) in [5, 5.41) is 2.92. The summed E-state index contributed by atoms with van der Waals surface area (Å²) < 4.78 is 6.30. The van der Waals surface area contributed by atoms with Crippen LogP contribution in [0.25, 0.3) is 10.4 Å². The van der Waals surface area contributed by atoms with Crippen LogP contribution in [0.4, 0.5) is 0 Å². The second-order valence-corrected chi connectivity index (χ2v) is 3.43. The molecule has 0 radical (unpaired) electrons. The average molecular weight is 136 g/mol. The van der Waals surface area contributed by atoms with Gasteiger partial charge in [0, 0.05) is 18.6 Å². The lowest BCUT2D eigenvalue weighted by molar-refractivity contribution is 1.60. The van der Waals surface area contributed by atoms with Crippen LogP contribution in [0, 0.1) is 5.40 Å². The van der Waals surface area contributed by atoms with Crippen molar-refractivity contribution in [2.75, 3.05) is 0 Å². The molecule has 0 heterocycles. The van der Waals surface area contributed by atoms with Crippen LogP contribution in [-0.4, -0.2) is 5.96 Å². The van der Waals surface area contributed by atoms with Gasteiger partial charge in [0.05, 0.1) is 0 Å². The van der Waals surface area contributed by atoms with Gasteiger partial charge in [0.25, 0.3) is 0 Å². The predicted molar refractivity (Wildman–Crippen MR) is 34.6 cm³/mol. The first-order chi connectivity index (χ1) is 3.81. The highest BCUT2D eigenvalue weighted by molar-refractivity contribution is 8.20. The molecule has 0 saturated heterocycles. The fourth-order valence-electron chi connectivity index (χ4n) is 0.0693. The van der Waals surface area contributed by atoms with E-state index in [0.29, 0.717) is 0 Å². The number of nitrogens with one attached hydrogen (secondary N) is 1. The fraction of sp³-hybridized carbons (Fsp3) is 0. The standard InChI is InChI=1S/CH4N4P2/c2-1-7(6)5-4-3/h1-2H,6H2/i/hT. The summed E-state index contributed by atoms with van der Waals surface area (Å²) in [6, 6.07) is 0. The first-order valence-electron chi connectivity index (χ1n) is 1.82. The number of azide groups is 1. The molecule has 0 amide bonds. The predicted octanol–water partition coefficient (Wildman–Crippen LogP) is 2.09. The maximum absolute atomic E-state index is 7.80. The van der Waals surface area contributed by atoms with E-state index >= 15 is 0 Å². The number of nitrogens with zero attached hydrogens (tertiary/aromatic N) is 3. The molecule has 2 atom stereocenters. The van der Waals surface area contributed by atoms with E-state index in [1.807, 2.05) is 0 Å². The van der Waals surface area contributed by atoms with Crippen molar-refractivity contribution in [1.29, 1.82) is 5.40 Å². The van der Waals surface area contributed by atoms with Crippen molar-refractivity contribution >= 4 is 22.6 Å².